The topological polar surface area (TPSA) is 127 Å². The van der Waals surface area contributed by atoms with Crippen molar-refractivity contribution in [2.24, 2.45) is 5.92 Å². The lowest BCUT2D eigenvalue weighted by Crippen LogP contribution is -2.59. The summed E-state index contributed by atoms with van der Waals surface area (Å²) in [6.07, 6.45) is 7.67. The summed E-state index contributed by atoms with van der Waals surface area (Å²) in [4.78, 5) is 47.9. The first-order valence-electron chi connectivity index (χ1n) is 12.4. The fraction of sp³-hybridized carbons (Fsp3) is 0.538. The second-order valence-corrected chi connectivity index (χ2v) is 10.4. The summed E-state index contributed by atoms with van der Waals surface area (Å²) in [6, 6.07) is 5.57. The monoisotopic (exact) mass is 515 g/mol. The smallest absolute Gasteiger partial charge is 0.326 e. The summed E-state index contributed by atoms with van der Waals surface area (Å²) in [6.45, 7) is 4.91. The first kappa shape index (κ1) is 27.7. The Bertz CT molecular complexity index is 1010. The molecule has 0 aliphatic carbocycles. The highest BCUT2D eigenvalue weighted by atomic mass is 32.2. The third kappa shape index (κ3) is 7.33. The normalized spacial score (nSPS) is 16.9. The van der Waals surface area contributed by atoms with Gasteiger partial charge in [0.25, 0.3) is 0 Å². The molecule has 0 saturated carbocycles. The molecule has 0 saturated heterocycles. The lowest BCUT2D eigenvalue weighted by atomic mass is 9.91. The van der Waals surface area contributed by atoms with Gasteiger partial charge in [-0.3, -0.25) is 9.59 Å². The minimum Gasteiger partial charge on any atom is -0.480 e. The third-order valence-corrected chi connectivity index (χ3v) is 7.15. The number of carboxylic acids is 1. The summed E-state index contributed by atoms with van der Waals surface area (Å²) in [7, 11) is 0. The molecule has 0 fully saturated rings. The zero-order valence-electron chi connectivity index (χ0n) is 21.2. The number of aromatic amines is 1. The fourth-order valence-electron chi connectivity index (χ4n) is 4.48. The summed E-state index contributed by atoms with van der Waals surface area (Å²) < 4.78 is 0. The van der Waals surface area contributed by atoms with Crippen LogP contribution in [0.1, 0.15) is 43.6 Å². The van der Waals surface area contributed by atoms with Gasteiger partial charge in [0.2, 0.25) is 11.8 Å². The average molecular weight is 516 g/mol. The number of H-pyrrole nitrogens is 1. The van der Waals surface area contributed by atoms with E-state index in [0.29, 0.717) is 31.7 Å². The number of carboxylic acid groups (broad SMARTS) is 1. The molecule has 0 bridgehead atoms. The summed E-state index contributed by atoms with van der Waals surface area (Å²) in [5, 5.41) is 15.7. The van der Waals surface area contributed by atoms with Crippen molar-refractivity contribution in [2.45, 2.75) is 64.2 Å². The standard InChI is InChI=1S/C26H37N5O4S/c1-17(2)23(29-11-6-9-22-27-12-13-28-22)25(33)31-16-19-8-5-4-7-18(19)15-21(31)24(32)30-20(26(34)35)10-14-36-3/h4-5,7-8,12-13,17,20-21,23,29H,6,9-11,14-16H2,1-3H3,(H,27,28)(H,30,32)(H,34,35)/t20-,21?,23-/m0/s1. The van der Waals surface area contributed by atoms with Gasteiger partial charge in [0.15, 0.2) is 0 Å². The number of rotatable bonds is 13. The van der Waals surface area contributed by atoms with Crippen LogP contribution in [0.2, 0.25) is 0 Å². The molecule has 9 nitrogen and oxygen atoms in total. The highest BCUT2D eigenvalue weighted by molar-refractivity contribution is 7.98. The number of nitrogens with zero attached hydrogens (tertiary/aromatic N) is 2. The van der Waals surface area contributed by atoms with Crippen molar-refractivity contribution < 1.29 is 19.5 Å². The maximum atomic E-state index is 13.8. The van der Waals surface area contributed by atoms with Crippen molar-refractivity contribution in [1.29, 1.82) is 0 Å². The molecule has 2 amide bonds. The van der Waals surface area contributed by atoms with Crippen LogP contribution in [0.15, 0.2) is 36.7 Å². The number of hydrogen-bond acceptors (Lipinski definition) is 6. The molecule has 3 atom stereocenters. The predicted molar refractivity (Wildman–Crippen MR) is 141 cm³/mol. The Balaban J connectivity index is 1.75. The van der Waals surface area contributed by atoms with E-state index in [1.54, 1.807) is 17.3 Å². The molecule has 196 valence electrons. The maximum Gasteiger partial charge on any atom is 0.326 e. The Kier molecular flexibility index (Phi) is 10.4. The second-order valence-electron chi connectivity index (χ2n) is 9.45. The number of carbonyl (C=O) groups excluding carboxylic acids is 2. The molecule has 0 spiro atoms. The predicted octanol–water partition coefficient (Wildman–Crippen LogP) is 2.23. The minimum absolute atomic E-state index is 0.00958. The van der Waals surface area contributed by atoms with Gasteiger partial charge < -0.3 is 25.6 Å². The number of benzene rings is 1. The first-order chi connectivity index (χ1) is 17.3. The number of fused-ring (bicyclic) bond motifs is 1. The molecule has 1 aromatic carbocycles. The van der Waals surface area contributed by atoms with Crippen LogP contribution in [0.5, 0.6) is 0 Å². The van der Waals surface area contributed by atoms with Gasteiger partial charge in [0.05, 0.1) is 6.04 Å². The van der Waals surface area contributed by atoms with Gasteiger partial charge in [-0.2, -0.15) is 11.8 Å². The van der Waals surface area contributed by atoms with E-state index >= 15 is 0 Å². The SMILES string of the molecule is CSCC[C@H](NC(=O)C1Cc2ccccc2CN1C(=O)[C@@H](NCCCc1ncc[nH]1)C(C)C)C(=O)O. The van der Waals surface area contributed by atoms with E-state index in [0.717, 1.165) is 29.8 Å². The Labute approximate surface area is 216 Å². The number of thioether (sulfide) groups is 1. The van der Waals surface area contributed by atoms with Crippen molar-refractivity contribution in [3.8, 4) is 0 Å². The van der Waals surface area contributed by atoms with Crippen molar-refractivity contribution in [3.05, 3.63) is 53.6 Å². The van der Waals surface area contributed by atoms with Crippen LogP contribution >= 0.6 is 11.8 Å². The molecule has 0 radical (unpaired) electrons. The van der Waals surface area contributed by atoms with Gasteiger partial charge in [-0.1, -0.05) is 38.1 Å². The van der Waals surface area contributed by atoms with E-state index in [9.17, 15) is 19.5 Å². The lowest BCUT2D eigenvalue weighted by molar-refractivity contribution is -0.146. The number of carbonyl (C=O) groups is 3. The van der Waals surface area contributed by atoms with E-state index in [1.165, 1.54) is 11.8 Å². The van der Waals surface area contributed by atoms with Crippen LogP contribution in [0.3, 0.4) is 0 Å². The summed E-state index contributed by atoms with van der Waals surface area (Å²) >= 11 is 1.53. The summed E-state index contributed by atoms with van der Waals surface area (Å²) in [5.74, 6) is -0.103. The second kappa shape index (κ2) is 13.5. The molecular formula is C26H37N5O4S. The molecule has 1 aliphatic rings. The van der Waals surface area contributed by atoms with Crippen LogP contribution in [0, 0.1) is 5.92 Å². The molecule has 1 unspecified atom stereocenters. The van der Waals surface area contributed by atoms with Crippen LogP contribution in [0.25, 0.3) is 0 Å². The van der Waals surface area contributed by atoms with Crippen LogP contribution in [-0.4, -0.2) is 74.4 Å². The quantitative estimate of drug-likeness (QED) is 0.301. The Hall–Kier alpha value is -2.85. The largest absolute Gasteiger partial charge is 0.480 e. The Morgan fingerprint density at radius 1 is 1.25 bits per heavy atom. The van der Waals surface area contributed by atoms with Crippen molar-refractivity contribution in [3.63, 3.8) is 0 Å². The number of nitrogens with one attached hydrogen (secondary N) is 3. The van der Waals surface area contributed by atoms with Crippen molar-refractivity contribution in [1.82, 2.24) is 25.5 Å². The first-order valence-corrected chi connectivity index (χ1v) is 13.8. The molecule has 1 aromatic heterocycles. The van der Waals surface area contributed by atoms with Crippen molar-refractivity contribution in [2.75, 3.05) is 18.6 Å². The van der Waals surface area contributed by atoms with E-state index in [4.69, 9.17) is 0 Å². The molecule has 4 N–H and O–H groups in total. The van der Waals surface area contributed by atoms with Gasteiger partial charge in [0.1, 0.15) is 17.9 Å². The number of imidazole rings is 1. The van der Waals surface area contributed by atoms with E-state index in [-0.39, 0.29) is 11.8 Å². The molecule has 36 heavy (non-hydrogen) atoms. The molecule has 3 rings (SSSR count). The molecule has 2 heterocycles. The Morgan fingerprint density at radius 3 is 2.64 bits per heavy atom. The minimum atomic E-state index is -1.07. The number of hydrogen-bond donors (Lipinski definition) is 4. The van der Waals surface area contributed by atoms with Crippen LogP contribution < -0.4 is 10.6 Å². The van der Waals surface area contributed by atoms with Crippen LogP contribution in [-0.2, 0) is 33.8 Å². The highest BCUT2D eigenvalue weighted by Crippen LogP contribution is 2.25. The third-order valence-electron chi connectivity index (χ3n) is 6.50. The zero-order valence-corrected chi connectivity index (χ0v) is 22.0. The maximum absolute atomic E-state index is 13.8. The number of aryl methyl sites for hydroxylation is 1. The molecule has 10 heteroatoms. The van der Waals surface area contributed by atoms with Gasteiger partial charge in [-0.15, -0.1) is 0 Å². The summed E-state index contributed by atoms with van der Waals surface area (Å²) in [5.41, 5.74) is 2.01. The van der Waals surface area contributed by atoms with Gasteiger partial charge in [0, 0.05) is 31.8 Å². The van der Waals surface area contributed by atoms with Gasteiger partial charge in [-0.25, -0.2) is 9.78 Å². The molecular weight excluding hydrogens is 478 g/mol. The van der Waals surface area contributed by atoms with Gasteiger partial charge in [-0.05, 0) is 48.4 Å². The van der Waals surface area contributed by atoms with Gasteiger partial charge >= 0.3 is 5.97 Å². The number of aliphatic carboxylic acids is 1. The van der Waals surface area contributed by atoms with E-state index in [1.807, 2.05) is 44.4 Å². The average Bonchev–Trinajstić information content (AvgIpc) is 3.38. The van der Waals surface area contributed by atoms with E-state index in [2.05, 4.69) is 20.6 Å². The zero-order chi connectivity index (χ0) is 26.1. The molecule has 1 aliphatic heterocycles. The number of amides is 2. The molecule has 2 aromatic rings. The van der Waals surface area contributed by atoms with Crippen molar-refractivity contribution >= 4 is 29.5 Å². The van der Waals surface area contributed by atoms with E-state index < -0.39 is 30.0 Å². The number of aromatic nitrogens is 2. The van der Waals surface area contributed by atoms with Crippen LogP contribution in [0.4, 0.5) is 0 Å². The fourth-order valence-corrected chi connectivity index (χ4v) is 4.96. The lowest BCUT2D eigenvalue weighted by Gasteiger charge is -2.39. The highest BCUT2D eigenvalue weighted by Gasteiger charge is 2.39. The Morgan fingerprint density at radius 2 is 2.00 bits per heavy atom.